The SMILES string of the molecule is C[C@@H]1CN(C)C[C@H](c2nnc(-c3cncn3-c3ccc(F)cc3)o2)O1. The quantitative estimate of drug-likeness (QED) is 0.728. The lowest BCUT2D eigenvalue weighted by molar-refractivity contribution is -0.0821. The van der Waals surface area contributed by atoms with Crippen LogP contribution in [0.2, 0.25) is 0 Å². The molecule has 1 fully saturated rings. The summed E-state index contributed by atoms with van der Waals surface area (Å²) in [5.74, 6) is 0.500. The summed E-state index contributed by atoms with van der Waals surface area (Å²) in [5.41, 5.74) is 1.40. The molecule has 25 heavy (non-hydrogen) atoms. The second-order valence-electron chi connectivity index (χ2n) is 6.23. The van der Waals surface area contributed by atoms with E-state index >= 15 is 0 Å². The van der Waals surface area contributed by atoms with Crippen LogP contribution in [0.3, 0.4) is 0 Å². The number of nitrogens with zero attached hydrogens (tertiary/aromatic N) is 5. The topological polar surface area (TPSA) is 69.2 Å². The van der Waals surface area contributed by atoms with E-state index in [1.807, 2.05) is 14.0 Å². The van der Waals surface area contributed by atoms with Crippen molar-refractivity contribution in [3.05, 3.63) is 48.5 Å². The second-order valence-corrected chi connectivity index (χ2v) is 6.23. The van der Waals surface area contributed by atoms with Crippen LogP contribution in [0.5, 0.6) is 0 Å². The van der Waals surface area contributed by atoms with Crippen LogP contribution in [0.1, 0.15) is 18.9 Å². The first-order chi connectivity index (χ1) is 12.1. The number of aromatic nitrogens is 4. The molecule has 1 aliphatic rings. The largest absolute Gasteiger partial charge is 0.416 e. The molecule has 0 spiro atoms. The maximum Gasteiger partial charge on any atom is 0.266 e. The van der Waals surface area contributed by atoms with Gasteiger partial charge in [0.1, 0.15) is 17.6 Å². The van der Waals surface area contributed by atoms with E-state index in [0.29, 0.717) is 24.0 Å². The highest BCUT2D eigenvalue weighted by molar-refractivity contribution is 5.51. The van der Waals surface area contributed by atoms with Crippen LogP contribution in [0, 0.1) is 5.82 Å². The molecule has 4 rings (SSSR count). The minimum Gasteiger partial charge on any atom is -0.416 e. The van der Waals surface area contributed by atoms with Gasteiger partial charge >= 0.3 is 0 Å². The molecule has 1 saturated heterocycles. The van der Waals surface area contributed by atoms with Crippen molar-refractivity contribution in [2.45, 2.75) is 19.1 Å². The molecule has 1 aromatic carbocycles. The number of hydrogen-bond acceptors (Lipinski definition) is 6. The summed E-state index contributed by atoms with van der Waals surface area (Å²) in [6, 6.07) is 6.12. The van der Waals surface area contributed by atoms with Crippen LogP contribution in [-0.2, 0) is 4.74 Å². The minimum absolute atomic E-state index is 0.101. The number of hydrogen-bond donors (Lipinski definition) is 0. The van der Waals surface area contributed by atoms with E-state index in [1.54, 1.807) is 29.2 Å². The number of imidazole rings is 1. The first-order valence-corrected chi connectivity index (χ1v) is 8.06. The Hall–Kier alpha value is -2.58. The van der Waals surface area contributed by atoms with Gasteiger partial charge in [0.15, 0.2) is 0 Å². The average molecular weight is 343 g/mol. The number of halogens is 1. The minimum atomic E-state index is -0.293. The van der Waals surface area contributed by atoms with Crippen molar-refractivity contribution in [1.29, 1.82) is 0 Å². The third kappa shape index (κ3) is 3.18. The zero-order valence-electron chi connectivity index (χ0n) is 14.0. The summed E-state index contributed by atoms with van der Waals surface area (Å²) in [6.07, 6.45) is 3.11. The normalized spacial score (nSPS) is 21.6. The Morgan fingerprint density at radius 2 is 1.96 bits per heavy atom. The van der Waals surface area contributed by atoms with Crippen LogP contribution >= 0.6 is 0 Å². The molecule has 0 aliphatic carbocycles. The highest BCUT2D eigenvalue weighted by Crippen LogP contribution is 2.27. The zero-order valence-corrected chi connectivity index (χ0v) is 14.0. The summed E-state index contributed by atoms with van der Waals surface area (Å²) in [7, 11) is 2.03. The van der Waals surface area contributed by atoms with Crippen molar-refractivity contribution >= 4 is 0 Å². The van der Waals surface area contributed by atoms with Crippen LogP contribution in [0.4, 0.5) is 4.39 Å². The van der Waals surface area contributed by atoms with Crippen molar-refractivity contribution in [3.8, 4) is 17.3 Å². The molecule has 0 unspecified atom stereocenters. The Bertz CT molecular complexity index is 850. The van der Waals surface area contributed by atoms with Gasteiger partial charge in [-0.05, 0) is 38.2 Å². The Morgan fingerprint density at radius 1 is 1.16 bits per heavy atom. The van der Waals surface area contributed by atoms with Crippen molar-refractivity contribution < 1.29 is 13.5 Å². The molecule has 0 bridgehead atoms. The lowest BCUT2D eigenvalue weighted by Crippen LogP contribution is -2.40. The molecule has 3 heterocycles. The lowest BCUT2D eigenvalue weighted by Gasteiger charge is -2.32. The van der Waals surface area contributed by atoms with Crippen LogP contribution in [0.25, 0.3) is 17.3 Å². The van der Waals surface area contributed by atoms with Crippen molar-refractivity contribution in [1.82, 2.24) is 24.6 Å². The first kappa shape index (κ1) is 15.9. The molecular formula is C17H18FN5O2. The molecule has 0 radical (unpaired) electrons. The van der Waals surface area contributed by atoms with Crippen LogP contribution < -0.4 is 0 Å². The van der Waals surface area contributed by atoms with E-state index in [0.717, 1.165) is 12.2 Å². The molecular weight excluding hydrogens is 325 g/mol. The van der Waals surface area contributed by atoms with Crippen molar-refractivity contribution in [2.24, 2.45) is 0 Å². The third-order valence-electron chi connectivity index (χ3n) is 4.12. The highest BCUT2D eigenvalue weighted by Gasteiger charge is 2.29. The van der Waals surface area contributed by atoms with Gasteiger partial charge < -0.3 is 14.1 Å². The Labute approximate surface area is 144 Å². The van der Waals surface area contributed by atoms with Gasteiger partial charge in [0.05, 0.1) is 18.6 Å². The Morgan fingerprint density at radius 3 is 2.72 bits per heavy atom. The number of rotatable bonds is 3. The van der Waals surface area contributed by atoms with E-state index in [1.165, 1.54) is 12.1 Å². The number of likely N-dealkylation sites (N-methyl/N-ethyl adjacent to an activating group) is 1. The van der Waals surface area contributed by atoms with E-state index in [-0.39, 0.29) is 18.0 Å². The maximum absolute atomic E-state index is 13.1. The fourth-order valence-corrected chi connectivity index (χ4v) is 3.03. The molecule has 130 valence electrons. The van der Waals surface area contributed by atoms with Gasteiger partial charge in [-0.25, -0.2) is 9.37 Å². The van der Waals surface area contributed by atoms with Gasteiger partial charge in [0.25, 0.3) is 5.89 Å². The summed E-state index contributed by atoms with van der Waals surface area (Å²) < 4.78 is 26.7. The van der Waals surface area contributed by atoms with Gasteiger partial charge in [-0.1, -0.05) is 0 Å². The molecule has 8 heteroatoms. The Balaban J connectivity index is 1.63. The predicted molar refractivity (Wildman–Crippen MR) is 87.6 cm³/mol. The number of benzene rings is 1. The van der Waals surface area contributed by atoms with E-state index in [9.17, 15) is 4.39 Å². The molecule has 0 saturated carbocycles. The zero-order chi connectivity index (χ0) is 17.4. The summed E-state index contributed by atoms with van der Waals surface area (Å²) >= 11 is 0. The van der Waals surface area contributed by atoms with E-state index in [4.69, 9.17) is 9.15 Å². The molecule has 7 nitrogen and oxygen atoms in total. The smallest absolute Gasteiger partial charge is 0.266 e. The fourth-order valence-electron chi connectivity index (χ4n) is 3.03. The highest BCUT2D eigenvalue weighted by atomic mass is 19.1. The van der Waals surface area contributed by atoms with Gasteiger partial charge in [-0.2, -0.15) is 0 Å². The number of morpholine rings is 1. The average Bonchev–Trinajstić information content (AvgIpc) is 3.24. The van der Waals surface area contributed by atoms with Gasteiger partial charge in [0, 0.05) is 18.8 Å². The van der Waals surface area contributed by atoms with E-state index < -0.39 is 0 Å². The standard InChI is InChI=1S/C17H18FN5O2/c1-11-8-22(2)9-15(24-11)17-21-20-16(25-17)14-7-19-10-23(14)13-5-3-12(18)4-6-13/h3-7,10-11,15H,8-9H2,1-2H3/t11-,15-/m1/s1. The van der Waals surface area contributed by atoms with Gasteiger partial charge in [0.2, 0.25) is 5.89 Å². The van der Waals surface area contributed by atoms with E-state index in [2.05, 4.69) is 20.1 Å². The molecule has 0 N–H and O–H groups in total. The first-order valence-electron chi connectivity index (χ1n) is 8.06. The van der Waals surface area contributed by atoms with Crippen molar-refractivity contribution in [2.75, 3.05) is 20.1 Å². The van der Waals surface area contributed by atoms with Gasteiger partial charge in [-0.15, -0.1) is 10.2 Å². The van der Waals surface area contributed by atoms with Crippen LogP contribution in [-0.4, -0.2) is 50.9 Å². The van der Waals surface area contributed by atoms with Crippen molar-refractivity contribution in [3.63, 3.8) is 0 Å². The molecule has 1 aliphatic heterocycles. The summed E-state index contributed by atoms with van der Waals surface area (Å²) in [5, 5.41) is 8.28. The maximum atomic E-state index is 13.1. The molecule has 2 aromatic heterocycles. The second kappa shape index (κ2) is 6.38. The summed E-state index contributed by atoms with van der Waals surface area (Å²) in [4.78, 5) is 6.32. The van der Waals surface area contributed by atoms with Crippen LogP contribution in [0.15, 0.2) is 41.2 Å². The fraction of sp³-hybridized carbons (Fsp3) is 0.353. The Kier molecular flexibility index (Phi) is 4.06. The molecule has 0 amide bonds. The lowest BCUT2D eigenvalue weighted by atomic mass is 10.2. The third-order valence-corrected chi connectivity index (χ3v) is 4.12. The molecule has 2 atom stereocenters. The van der Waals surface area contributed by atoms with Gasteiger partial charge in [-0.3, -0.25) is 4.57 Å². The summed E-state index contributed by atoms with van der Waals surface area (Å²) in [6.45, 7) is 3.58. The predicted octanol–water partition coefficient (Wildman–Crippen LogP) is 2.45. The monoisotopic (exact) mass is 343 g/mol. The number of ether oxygens (including phenoxy) is 1. The molecule has 3 aromatic rings.